The molecule has 0 saturated heterocycles. The normalized spacial score (nSPS) is 11.3. The first-order valence-corrected chi connectivity index (χ1v) is 13.0. The van der Waals surface area contributed by atoms with Gasteiger partial charge in [-0.15, -0.1) is 11.3 Å². The summed E-state index contributed by atoms with van der Waals surface area (Å²) in [5.74, 6) is 0. The fourth-order valence-electron chi connectivity index (χ4n) is 5.23. The molecule has 0 fully saturated rings. The molecule has 2 heteroatoms. The fourth-order valence-corrected chi connectivity index (χ4v) is 6.45. The third-order valence-corrected chi connectivity index (χ3v) is 8.07. The summed E-state index contributed by atoms with van der Waals surface area (Å²) in [4.78, 5) is 2.43. The molecule has 0 atom stereocenters. The Bertz CT molecular complexity index is 1830. The van der Waals surface area contributed by atoms with Crippen LogP contribution in [0.3, 0.4) is 0 Å². The van der Waals surface area contributed by atoms with Crippen molar-refractivity contribution < 1.29 is 0 Å². The Labute approximate surface area is 214 Å². The summed E-state index contributed by atoms with van der Waals surface area (Å²) in [7, 11) is 0. The van der Waals surface area contributed by atoms with Crippen LogP contribution in [0.4, 0.5) is 17.1 Å². The van der Waals surface area contributed by atoms with E-state index in [0.717, 1.165) is 5.69 Å². The second-order valence-corrected chi connectivity index (χ2v) is 10.0. The Morgan fingerprint density at radius 2 is 1.06 bits per heavy atom. The molecule has 6 aromatic carbocycles. The minimum absolute atomic E-state index is 1.14. The van der Waals surface area contributed by atoms with Gasteiger partial charge in [0.1, 0.15) is 0 Å². The van der Waals surface area contributed by atoms with Crippen LogP contribution in [0.2, 0.25) is 0 Å². The van der Waals surface area contributed by atoms with Crippen LogP contribution in [-0.2, 0) is 0 Å². The summed E-state index contributed by atoms with van der Waals surface area (Å²) in [6.07, 6.45) is 0. The molecular formula is C34H23NS. The maximum atomic E-state index is 2.43. The Balaban J connectivity index is 1.60. The van der Waals surface area contributed by atoms with Crippen molar-refractivity contribution in [1.82, 2.24) is 0 Å². The van der Waals surface area contributed by atoms with Crippen LogP contribution >= 0.6 is 11.3 Å². The molecule has 0 amide bonds. The molecule has 1 nitrogen and oxygen atoms in total. The van der Waals surface area contributed by atoms with E-state index in [1.54, 1.807) is 0 Å². The standard InChI is InChI=1S/C34H23NS/c1-3-13-24(14-4-1)26-17-9-11-21-31(26)35(25-15-5-2-6-16-25)32-23-30-28-19-10-12-22-33(28)36-34(30)29-20-8-7-18-27(29)32/h1-23H. The zero-order valence-corrected chi connectivity index (χ0v) is 20.5. The molecule has 0 aliphatic heterocycles. The van der Waals surface area contributed by atoms with Crippen LogP contribution in [0.5, 0.6) is 0 Å². The zero-order valence-electron chi connectivity index (χ0n) is 19.6. The molecule has 7 aromatic rings. The van der Waals surface area contributed by atoms with Gasteiger partial charge in [0, 0.05) is 42.2 Å². The average molecular weight is 478 g/mol. The molecule has 1 aromatic heterocycles. The predicted octanol–water partition coefficient (Wildman–Crippen LogP) is 10.3. The maximum absolute atomic E-state index is 2.43. The van der Waals surface area contributed by atoms with E-state index in [2.05, 4.69) is 144 Å². The maximum Gasteiger partial charge on any atom is 0.0547 e. The van der Waals surface area contributed by atoms with Gasteiger partial charge in [-0.3, -0.25) is 0 Å². The van der Waals surface area contributed by atoms with Gasteiger partial charge in [0.15, 0.2) is 0 Å². The smallest absolute Gasteiger partial charge is 0.0547 e. The lowest BCUT2D eigenvalue weighted by molar-refractivity contribution is 1.30. The van der Waals surface area contributed by atoms with Crippen molar-refractivity contribution in [2.24, 2.45) is 0 Å². The Hall–Kier alpha value is -4.40. The van der Waals surface area contributed by atoms with Crippen LogP contribution < -0.4 is 4.90 Å². The van der Waals surface area contributed by atoms with Gasteiger partial charge >= 0.3 is 0 Å². The zero-order chi connectivity index (χ0) is 23.9. The summed E-state index contributed by atoms with van der Waals surface area (Å²) in [5, 5.41) is 5.17. The molecule has 0 aliphatic carbocycles. The number of thiophene rings is 1. The van der Waals surface area contributed by atoms with Crippen molar-refractivity contribution in [1.29, 1.82) is 0 Å². The van der Waals surface area contributed by atoms with Gasteiger partial charge in [-0.1, -0.05) is 109 Å². The number of anilines is 3. The highest BCUT2D eigenvalue weighted by molar-refractivity contribution is 7.26. The number of nitrogens with zero attached hydrogens (tertiary/aromatic N) is 1. The summed E-state index contributed by atoms with van der Waals surface area (Å²) < 4.78 is 2.67. The third kappa shape index (κ3) is 3.38. The second kappa shape index (κ2) is 8.67. The van der Waals surface area contributed by atoms with Gasteiger partial charge in [0.25, 0.3) is 0 Å². The number of rotatable bonds is 4. The van der Waals surface area contributed by atoms with Crippen LogP contribution in [0.25, 0.3) is 42.1 Å². The van der Waals surface area contributed by atoms with Crippen molar-refractivity contribution in [3.63, 3.8) is 0 Å². The molecule has 0 saturated carbocycles. The fraction of sp³-hybridized carbons (Fsp3) is 0. The van der Waals surface area contributed by atoms with E-state index in [-0.39, 0.29) is 0 Å². The van der Waals surface area contributed by atoms with Crippen molar-refractivity contribution in [2.45, 2.75) is 0 Å². The lowest BCUT2D eigenvalue weighted by Gasteiger charge is -2.29. The summed E-state index contributed by atoms with van der Waals surface area (Å²) in [5.41, 5.74) is 5.92. The Morgan fingerprint density at radius 1 is 0.444 bits per heavy atom. The quantitative estimate of drug-likeness (QED) is 0.244. The van der Waals surface area contributed by atoms with E-state index in [1.807, 2.05) is 11.3 Å². The Morgan fingerprint density at radius 3 is 1.86 bits per heavy atom. The number of hydrogen-bond acceptors (Lipinski definition) is 2. The number of benzene rings is 6. The molecule has 170 valence electrons. The number of fused-ring (bicyclic) bond motifs is 5. The molecule has 36 heavy (non-hydrogen) atoms. The van der Waals surface area contributed by atoms with Crippen LogP contribution in [0.15, 0.2) is 140 Å². The van der Waals surface area contributed by atoms with E-state index >= 15 is 0 Å². The SMILES string of the molecule is c1ccc(-c2ccccc2N(c2ccccc2)c2cc3c4ccccc4sc3c3ccccc23)cc1. The monoisotopic (exact) mass is 477 g/mol. The minimum atomic E-state index is 1.14. The van der Waals surface area contributed by atoms with E-state index in [1.165, 1.54) is 53.4 Å². The molecule has 0 bridgehead atoms. The van der Waals surface area contributed by atoms with E-state index < -0.39 is 0 Å². The second-order valence-electron chi connectivity index (χ2n) is 8.97. The lowest BCUT2D eigenvalue weighted by Crippen LogP contribution is -2.11. The van der Waals surface area contributed by atoms with Crippen molar-refractivity contribution >= 4 is 59.3 Å². The molecular weight excluding hydrogens is 454 g/mol. The van der Waals surface area contributed by atoms with Gasteiger partial charge in [-0.25, -0.2) is 0 Å². The molecule has 0 unspecified atom stereocenters. The largest absolute Gasteiger partial charge is 0.309 e. The predicted molar refractivity (Wildman–Crippen MR) is 157 cm³/mol. The van der Waals surface area contributed by atoms with E-state index in [9.17, 15) is 0 Å². The van der Waals surface area contributed by atoms with Crippen LogP contribution in [0.1, 0.15) is 0 Å². The molecule has 0 radical (unpaired) electrons. The third-order valence-electron chi connectivity index (χ3n) is 6.85. The summed E-state index contributed by atoms with van der Waals surface area (Å²) in [6.45, 7) is 0. The first-order valence-electron chi connectivity index (χ1n) is 12.2. The van der Waals surface area contributed by atoms with Gasteiger partial charge in [0.2, 0.25) is 0 Å². The lowest BCUT2D eigenvalue weighted by atomic mass is 9.99. The minimum Gasteiger partial charge on any atom is -0.309 e. The highest BCUT2D eigenvalue weighted by Gasteiger charge is 2.21. The van der Waals surface area contributed by atoms with E-state index in [4.69, 9.17) is 0 Å². The van der Waals surface area contributed by atoms with E-state index in [0.29, 0.717) is 0 Å². The first kappa shape index (κ1) is 20.9. The van der Waals surface area contributed by atoms with Gasteiger partial charge in [-0.2, -0.15) is 0 Å². The molecule has 0 N–H and O–H groups in total. The average Bonchev–Trinajstić information content (AvgIpc) is 3.34. The number of hydrogen-bond donors (Lipinski definition) is 0. The molecule has 7 rings (SSSR count). The van der Waals surface area contributed by atoms with Crippen molar-refractivity contribution in [2.75, 3.05) is 4.90 Å². The summed E-state index contributed by atoms with van der Waals surface area (Å²) >= 11 is 1.88. The molecule has 1 heterocycles. The number of para-hydroxylation sites is 2. The van der Waals surface area contributed by atoms with Crippen LogP contribution in [-0.4, -0.2) is 0 Å². The van der Waals surface area contributed by atoms with Gasteiger partial charge in [0.05, 0.1) is 11.4 Å². The Kier molecular flexibility index (Phi) is 5.04. The van der Waals surface area contributed by atoms with Crippen molar-refractivity contribution in [3.05, 3.63) is 140 Å². The molecule has 0 spiro atoms. The summed E-state index contributed by atoms with van der Waals surface area (Å²) in [6, 6.07) is 50.1. The highest BCUT2D eigenvalue weighted by Crippen LogP contribution is 2.47. The topological polar surface area (TPSA) is 3.24 Å². The van der Waals surface area contributed by atoms with Gasteiger partial charge in [-0.05, 0) is 35.9 Å². The van der Waals surface area contributed by atoms with Crippen LogP contribution in [0, 0.1) is 0 Å². The van der Waals surface area contributed by atoms with Crippen molar-refractivity contribution in [3.8, 4) is 11.1 Å². The first-order chi connectivity index (χ1) is 17.9. The highest BCUT2D eigenvalue weighted by atomic mass is 32.1. The molecule has 0 aliphatic rings. The van der Waals surface area contributed by atoms with Gasteiger partial charge < -0.3 is 4.90 Å².